The molecule has 10 heteroatoms. The number of carbonyl (C=O) groups excluding carboxylic acids is 2. The Morgan fingerprint density at radius 3 is 2.50 bits per heavy atom. The van der Waals surface area contributed by atoms with Crippen molar-refractivity contribution in [3.63, 3.8) is 0 Å². The van der Waals surface area contributed by atoms with E-state index in [9.17, 15) is 18.0 Å². The van der Waals surface area contributed by atoms with Crippen molar-refractivity contribution in [1.82, 2.24) is 4.57 Å². The zero-order chi connectivity index (χ0) is 25.6. The number of fused-ring (bicyclic) bond motifs is 2. The van der Waals surface area contributed by atoms with Crippen LogP contribution in [0.4, 0.5) is 5.69 Å². The van der Waals surface area contributed by atoms with Crippen LogP contribution in [0.15, 0.2) is 77.8 Å². The Kier molecular flexibility index (Phi) is 5.97. The van der Waals surface area contributed by atoms with Gasteiger partial charge in [-0.25, -0.2) is 13.2 Å². The number of carbonyl (C=O) groups is 2. The number of hydrogen-bond donors (Lipinski definition) is 0. The van der Waals surface area contributed by atoms with E-state index in [1.54, 1.807) is 42.5 Å². The minimum atomic E-state index is -4.05. The quantitative estimate of drug-likeness (QED) is 0.360. The van der Waals surface area contributed by atoms with Crippen molar-refractivity contribution in [2.75, 3.05) is 18.0 Å². The largest absolute Gasteiger partial charge is 0.476 e. The molecule has 1 aliphatic heterocycles. The summed E-state index contributed by atoms with van der Waals surface area (Å²) in [5, 5.41) is 0.857. The predicted octanol–water partition coefficient (Wildman–Crippen LogP) is 4.69. The first-order valence-corrected chi connectivity index (χ1v) is 12.8. The molecule has 1 atom stereocenters. The molecule has 2 heterocycles. The van der Waals surface area contributed by atoms with Crippen LogP contribution in [-0.2, 0) is 14.8 Å². The van der Waals surface area contributed by atoms with Gasteiger partial charge in [0.05, 0.1) is 35.3 Å². The van der Waals surface area contributed by atoms with Crippen LogP contribution >= 0.6 is 11.6 Å². The van der Waals surface area contributed by atoms with Crippen LogP contribution in [-0.4, -0.2) is 44.6 Å². The van der Waals surface area contributed by atoms with E-state index in [0.717, 1.165) is 9.87 Å². The average Bonchev–Trinajstić information content (AvgIpc) is 3.27. The van der Waals surface area contributed by atoms with Gasteiger partial charge in [-0.2, -0.15) is 0 Å². The summed E-state index contributed by atoms with van der Waals surface area (Å²) in [6.07, 6.45) is 0.193. The van der Waals surface area contributed by atoms with E-state index >= 15 is 0 Å². The lowest BCUT2D eigenvalue weighted by Crippen LogP contribution is -2.48. The van der Waals surface area contributed by atoms with Crippen molar-refractivity contribution in [2.45, 2.75) is 17.9 Å². The van der Waals surface area contributed by atoms with Gasteiger partial charge in [-0.1, -0.05) is 47.5 Å². The molecule has 0 N–H and O–H groups in total. The van der Waals surface area contributed by atoms with Crippen LogP contribution in [0.2, 0.25) is 5.02 Å². The van der Waals surface area contributed by atoms with Crippen molar-refractivity contribution in [2.24, 2.45) is 0 Å². The number of hydrogen-bond acceptors (Lipinski definition) is 6. The van der Waals surface area contributed by atoms with Crippen LogP contribution < -0.4 is 9.04 Å². The molecule has 0 bridgehead atoms. The standard InChI is InChI=1S/C26H21ClN2O6S/c1-16-7-10-18(11-8-16)36(32,33)29-15-24(35-23-12-9-17(27)13-22(23)29)25(30)28-14-20(26(31)34-2)19-5-3-4-6-21(19)28/h3-14,24H,15H2,1-2H3/t24-/m1/s1. The molecule has 36 heavy (non-hydrogen) atoms. The maximum absolute atomic E-state index is 13.7. The second-order valence-corrected chi connectivity index (χ2v) is 10.6. The molecule has 184 valence electrons. The number of methoxy groups -OCH3 is 1. The highest BCUT2D eigenvalue weighted by Crippen LogP contribution is 2.39. The maximum atomic E-state index is 13.7. The normalized spacial score (nSPS) is 15.3. The molecule has 0 spiro atoms. The zero-order valence-corrected chi connectivity index (χ0v) is 20.9. The van der Waals surface area contributed by atoms with Gasteiger partial charge in [-0.3, -0.25) is 13.7 Å². The molecule has 0 saturated carbocycles. The highest BCUT2D eigenvalue weighted by Gasteiger charge is 2.39. The fourth-order valence-corrected chi connectivity index (χ4v) is 5.84. The van der Waals surface area contributed by atoms with Crippen molar-refractivity contribution in [1.29, 1.82) is 0 Å². The highest BCUT2D eigenvalue weighted by atomic mass is 35.5. The minimum Gasteiger partial charge on any atom is -0.476 e. The van der Waals surface area contributed by atoms with E-state index in [1.165, 1.54) is 42.1 Å². The van der Waals surface area contributed by atoms with Crippen molar-refractivity contribution < 1.29 is 27.5 Å². The molecule has 3 aromatic carbocycles. The lowest BCUT2D eigenvalue weighted by atomic mass is 10.2. The van der Waals surface area contributed by atoms with Gasteiger partial charge in [0, 0.05) is 16.6 Å². The smallest absolute Gasteiger partial charge is 0.340 e. The van der Waals surface area contributed by atoms with Gasteiger partial charge in [-0.05, 0) is 43.3 Å². The number of halogens is 1. The van der Waals surface area contributed by atoms with Crippen molar-refractivity contribution in [3.05, 3.63) is 89.1 Å². The molecule has 0 aliphatic carbocycles. The summed E-state index contributed by atoms with van der Waals surface area (Å²) in [5.41, 5.74) is 1.84. The molecule has 8 nitrogen and oxygen atoms in total. The Bertz CT molecular complexity index is 1610. The summed E-state index contributed by atoms with van der Waals surface area (Å²) in [5.74, 6) is -0.929. The molecule has 5 rings (SSSR count). The van der Waals surface area contributed by atoms with Gasteiger partial charge in [0.25, 0.3) is 15.9 Å². The van der Waals surface area contributed by atoms with E-state index in [2.05, 4.69) is 0 Å². The summed E-state index contributed by atoms with van der Waals surface area (Å²) in [6, 6.07) is 17.9. The molecule has 1 aromatic heterocycles. The molecular formula is C26H21ClN2O6S. The topological polar surface area (TPSA) is 94.9 Å². The third-order valence-electron chi connectivity index (χ3n) is 6.03. The van der Waals surface area contributed by atoms with Gasteiger partial charge < -0.3 is 9.47 Å². The maximum Gasteiger partial charge on any atom is 0.340 e. The molecule has 0 radical (unpaired) electrons. The van der Waals surface area contributed by atoms with Crippen molar-refractivity contribution in [3.8, 4) is 5.75 Å². The van der Waals surface area contributed by atoms with E-state index in [-0.39, 0.29) is 28.4 Å². The number of aromatic nitrogens is 1. The first-order chi connectivity index (χ1) is 17.2. The van der Waals surface area contributed by atoms with E-state index in [4.69, 9.17) is 21.1 Å². The molecule has 0 amide bonds. The van der Waals surface area contributed by atoms with Crippen LogP contribution in [0.3, 0.4) is 0 Å². The number of sulfonamides is 1. The fraction of sp³-hybridized carbons (Fsp3) is 0.154. The van der Waals surface area contributed by atoms with Crippen molar-refractivity contribution >= 4 is 50.1 Å². The molecular weight excluding hydrogens is 504 g/mol. The van der Waals surface area contributed by atoms with E-state index in [0.29, 0.717) is 15.9 Å². The minimum absolute atomic E-state index is 0.0755. The number of aryl methyl sites for hydroxylation is 1. The Balaban J connectivity index is 1.60. The Morgan fingerprint density at radius 1 is 1.06 bits per heavy atom. The fourth-order valence-electron chi connectivity index (χ4n) is 4.21. The predicted molar refractivity (Wildman–Crippen MR) is 135 cm³/mol. The summed E-state index contributed by atoms with van der Waals surface area (Å²) in [4.78, 5) is 26.1. The number of esters is 1. The Hall–Kier alpha value is -3.82. The SMILES string of the molecule is COC(=O)c1cn(C(=O)[C@H]2CN(S(=O)(=O)c3ccc(C)cc3)c3cc(Cl)ccc3O2)c2ccccc12. The summed E-state index contributed by atoms with van der Waals surface area (Å²) in [7, 11) is -2.79. The Morgan fingerprint density at radius 2 is 1.78 bits per heavy atom. The number of rotatable bonds is 4. The first-order valence-electron chi connectivity index (χ1n) is 11.0. The molecule has 0 unspecified atom stereocenters. The summed E-state index contributed by atoms with van der Waals surface area (Å²) >= 11 is 6.17. The lowest BCUT2D eigenvalue weighted by molar-refractivity contribution is 0.0602. The number of nitrogens with zero attached hydrogens (tertiary/aromatic N) is 2. The first kappa shape index (κ1) is 23.9. The van der Waals surface area contributed by atoms with Crippen LogP contribution in [0.5, 0.6) is 5.75 Å². The van der Waals surface area contributed by atoms with Gasteiger partial charge in [0.2, 0.25) is 0 Å². The molecule has 0 saturated heterocycles. The molecule has 1 aliphatic rings. The van der Waals surface area contributed by atoms with Gasteiger partial charge >= 0.3 is 5.97 Å². The van der Waals surface area contributed by atoms with Gasteiger partial charge in [0.1, 0.15) is 5.75 Å². The summed E-state index contributed by atoms with van der Waals surface area (Å²) < 4.78 is 40.6. The third kappa shape index (κ3) is 4.00. The number of anilines is 1. The zero-order valence-electron chi connectivity index (χ0n) is 19.3. The molecule has 4 aromatic rings. The Labute approximate surface area is 212 Å². The number of para-hydroxylation sites is 1. The monoisotopic (exact) mass is 524 g/mol. The average molecular weight is 525 g/mol. The second kappa shape index (κ2) is 9.00. The molecule has 0 fully saturated rings. The number of benzene rings is 3. The van der Waals surface area contributed by atoms with E-state index in [1.807, 2.05) is 6.92 Å². The van der Waals surface area contributed by atoms with Crippen LogP contribution in [0.25, 0.3) is 10.9 Å². The summed E-state index contributed by atoms with van der Waals surface area (Å²) in [6.45, 7) is 1.57. The highest BCUT2D eigenvalue weighted by molar-refractivity contribution is 7.92. The van der Waals surface area contributed by atoms with Gasteiger partial charge in [0.15, 0.2) is 6.10 Å². The third-order valence-corrected chi connectivity index (χ3v) is 8.06. The van der Waals surface area contributed by atoms with E-state index < -0.39 is 28.0 Å². The second-order valence-electron chi connectivity index (χ2n) is 8.33. The van der Waals surface area contributed by atoms with Crippen LogP contribution in [0.1, 0.15) is 20.7 Å². The van der Waals surface area contributed by atoms with Crippen LogP contribution in [0, 0.1) is 6.92 Å². The number of ether oxygens (including phenoxy) is 2. The van der Waals surface area contributed by atoms with Gasteiger partial charge in [-0.15, -0.1) is 0 Å². The lowest BCUT2D eigenvalue weighted by Gasteiger charge is -2.35.